The first-order valence-corrected chi connectivity index (χ1v) is 13.8. The van der Waals surface area contributed by atoms with Crippen molar-refractivity contribution in [3.05, 3.63) is 75.8 Å². The number of carbonyl (C=O) groups excluding carboxylic acids is 3. The standard InChI is InChI=1S/C28H25F3N6O3S/c29-28(30,31)25(39)33-20-9-10-21-23(14-20)41-26(35-21)36-24(38)18-6-2-5-17(13-18)22-8-3-11-37(22)27(40)34-19-7-1-4-16(12-19)15-32/h1-2,4-7,12-13,20,22H,3,8-11,14H2,(H,33,39)(H,34,40)(H,35,36,38). The lowest BCUT2D eigenvalue weighted by Gasteiger charge is -2.25. The summed E-state index contributed by atoms with van der Waals surface area (Å²) in [6, 6.07) is 14.5. The van der Waals surface area contributed by atoms with Gasteiger partial charge in [-0.3, -0.25) is 14.9 Å². The minimum atomic E-state index is -4.94. The van der Waals surface area contributed by atoms with Crippen molar-refractivity contribution in [3.63, 3.8) is 0 Å². The highest BCUT2D eigenvalue weighted by molar-refractivity contribution is 7.15. The van der Waals surface area contributed by atoms with Crippen molar-refractivity contribution in [2.45, 2.75) is 50.4 Å². The van der Waals surface area contributed by atoms with Gasteiger partial charge >= 0.3 is 18.1 Å². The number of benzene rings is 2. The fourth-order valence-corrected chi connectivity index (χ4v) is 6.18. The number of likely N-dealkylation sites (tertiary alicyclic amines) is 1. The summed E-state index contributed by atoms with van der Waals surface area (Å²) in [5.41, 5.74) is 2.84. The van der Waals surface area contributed by atoms with Gasteiger partial charge in [0, 0.05) is 35.1 Å². The van der Waals surface area contributed by atoms with E-state index in [1.807, 2.05) is 17.5 Å². The number of carbonyl (C=O) groups is 3. The molecule has 0 spiro atoms. The van der Waals surface area contributed by atoms with E-state index in [0.717, 1.165) is 23.3 Å². The van der Waals surface area contributed by atoms with Gasteiger partial charge in [-0.25, -0.2) is 9.78 Å². The summed E-state index contributed by atoms with van der Waals surface area (Å²) in [6.45, 7) is 0.542. The molecule has 3 N–H and O–H groups in total. The molecule has 4 amide bonds. The molecule has 2 aromatic carbocycles. The lowest BCUT2D eigenvalue weighted by atomic mass is 9.97. The smallest absolute Gasteiger partial charge is 0.345 e. The number of hydrogen-bond acceptors (Lipinski definition) is 6. The number of anilines is 2. The van der Waals surface area contributed by atoms with Crippen LogP contribution in [0.15, 0.2) is 48.5 Å². The fraction of sp³-hybridized carbons (Fsp3) is 0.321. The molecule has 212 valence electrons. The second kappa shape index (κ2) is 11.6. The molecule has 0 radical (unpaired) electrons. The van der Waals surface area contributed by atoms with Gasteiger partial charge in [0.2, 0.25) is 0 Å². The number of thiazole rings is 1. The number of urea groups is 1. The molecule has 1 aliphatic heterocycles. The summed E-state index contributed by atoms with van der Waals surface area (Å²) >= 11 is 1.18. The summed E-state index contributed by atoms with van der Waals surface area (Å²) in [7, 11) is 0. The minimum absolute atomic E-state index is 0.209. The number of nitrogens with one attached hydrogen (secondary N) is 3. The van der Waals surface area contributed by atoms with Crippen LogP contribution in [-0.2, 0) is 17.6 Å². The van der Waals surface area contributed by atoms with Crippen LogP contribution in [0.3, 0.4) is 0 Å². The van der Waals surface area contributed by atoms with E-state index in [1.165, 1.54) is 11.3 Å². The zero-order chi connectivity index (χ0) is 29.1. The van der Waals surface area contributed by atoms with Crippen molar-refractivity contribution < 1.29 is 27.6 Å². The number of hydrogen-bond donors (Lipinski definition) is 3. The van der Waals surface area contributed by atoms with Gasteiger partial charge in [0.1, 0.15) is 0 Å². The minimum Gasteiger partial charge on any atom is -0.345 e. The largest absolute Gasteiger partial charge is 0.471 e. The molecule has 13 heteroatoms. The van der Waals surface area contributed by atoms with Crippen LogP contribution in [0.2, 0.25) is 0 Å². The van der Waals surface area contributed by atoms with E-state index >= 15 is 0 Å². The molecule has 1 saturated heterocycles. The van der Waals surface area contributed by atoms with Crippen LogP contribution in [0.5, 0.6) is 0 Å². The number of aryl methyl sites for hydroxylation is 1. The lowest BCUT2D eigenvalue weighted by Crippen LogP contribution is -2.45. The maximum atomic E-state index is 13.1. The van der Waals surface area contributed by atoms with Gasteiger partial charge in [-0.15, -0.1) is 11.3 Å². The summed E-state index contributed by atoms with van der Waals surface area (Å²) in [5.74, 6) is -2.36. The second-order valence-electron chi connectivity index (χ2n) is 9.85. The Bertz CT molecular complexity index is 1530. The molecule has 2 heterocycles. The Balaban J connectivity index is 1.24. The first-order chi connectivity index (χ1) is 19.6. The molecule has 3 aromatic rings. The van der Waals surface area contributed by atoms with Crippen LogP contribution in [0, 0.1) is 11.3 Å². The normalized spacial score (nSPS) is 18.2. The molecule has 0 saturated carbocycles. The van der Waals surface area contributed by atoms with E-state index in [0.29, 0.717) is 47.0 Å². The van der Waals surface area contributed by atoms with E-state index < -0.39 is 24.0 Å². The highest BCUT2D eigenvalue weighted by atomic mass is 32.1. The molecule has 0 bridgehead atoms. The third-order valence-corrected chi connectivity index (χ3v) is 8.08. The lowest BCUT2D eigenvalue weighted by molar-refractivity contribution is -0.174. The fourth-order valence-electron chi connectivity index (χ4n) is 5.09. The Morgan fingerprint density at radius 3 is 2.66 bits per heavy atom. The number of amides is 4. The Hall–Kier alpha value is -4.44. The highest BCUT2D eigenvalue weighted by Crippen LogP contribution is 2.34. The van der Waals surface area contributed by atoms with E-state index in [2.05, 4.69) is 15.6 Å². The maximum absolute atomic E-state index is 13.1. The number of halogens is 3. The predicted molar refractivity (Wildman–Crippen MR) is 145 cm³/mol. The van der Waals surface area contributed by atoms with Crippen molar-refractivity contribution in [1.29, 1.82) is 5.26 Å². The predicted octanol–water partition coefficient (Wildman–Crippen LogP) is 5.17. The number of alkyl halides is 3. The average molecular weight is 583 g/mol. The van der Waals surface area contributed by atoms with Crippen LogP contribution < -0.4 is 16.0 Å². The zero-order valence-electron chi connectivity index (χ0n) is 21.6. The van der Waals surface area contributed by atoms with Gasteiger partial charge in [-0.2, -0.15) is 18.4 Å². The number of nitrogens with zero attached hydrogens (tertiary/aromatic N) is 3. The average Bonchev–Trinajstić information content (AvgIpc) is 3.59. The highest BCUT2D eigenvalue weighted by Gasteiger charge is 2.40. The van der Waals surface area contributed by atoms with E-state index in [1.54, 1.807) is 47.4 Å². The van der Waals surface area contributed by atoms with Gasteiger partial charge in [-0.1, -0.05) is 18.2 Å². The number of fused-ring (bicyclic) bond motifs is 1. The van der Waals surface area contributed by atoms with Crippen LogP contribution in [0.4, 0.5) is 28.8 Å². The van der Waals surface area contributed by atoms with Gasteiger partial charge in [0.25, 0.3) is 5.91 Å². The summed E-state index contributed by atoms with van der Waals surface area (Å²) in [4.78, 5) is 44.3. The molecular formula is C28H25F3N6O3S. The molecular weight excluding hydrogens is 557 g/mol. The quantitative estimate of drug-likeness (QED) is 0.383. The van der Waals surface area contributed by atoms with Gasteiger partial charge in [0.05, 0.1) is 23.4 Å². The van der Waals surface area contributed by atoms with E-state index in [9.17, 15) is 27.6 Å². The van der Waals surface area contributed by atoms with Gasteiger partial charge < -0.3 is 15.5 Å². The van der Waals surface area contributed by atoms with Crippen molar-refractivity contribution in [1.82, 2.24) is 15.2 Å². The Kier molecular flexibility index (Phi) is 7.94. The second-order valence-corrected chi connectivity index (χ2v) is 10.9. The molecule has 2 atom stereocenters. The van der Waals surface area contributed by atoms with E-state index in [4.69, 9.17) is 5.26 Å². The molecule has 1 fully saturated rings. The topological polar surface area (TPSA) is 127 Å². The van der Waals surface area contributed by atoms with Crippen molar-refractivity contribution in [2.75, 3.05) is 17.2 Å². The van der Waals surface area contributed by atoms with Gasteiger partial charge in [-0.05, 0) is 61.6 Å². The molecule has 1 aromatic heterocycles. The summed E-state index contributed by atoms with van der Waals surface area (Å²) < 4.78 is 37.8. The molecule has 2 unspecified atom stereocenters. The van der Waals surface area contributed by atoms with Crippen molar-refractivity contribution in [3.8, 4) is 6.07 Å². The van der Waals surface area contributed by atoms with Crippen LogP contribution in [0.25, 0.3) is 0 Å². The Morgan fingerprint density at radius 1 is 1.07 bits per heavy atom. The van der Waals surface area contributed by atoms with Gasteiger partial charge in [0.15, 0.2) is 5.13 Å². The number of aromatic nitrogens is 1. The molecule has 9 nitrogen and oxygen atoms in total. The monoisotopic (exact) mass is 582 g/mol. The van der Waals surface area contributed by atoms with Crippen LogP contribution >= 0.6 is 11.3 Å². The Labute approximate surface area is 237 Å². The molecule has 1 aliphatic carbocycles. The maximum Gasteiger partial charge on any atom is 0.471 e. The third kappa shape index (κ3) is 6.49. The third-order valence-electron chi connectivity index (χ3n) is 7.04. The SMILES string of the molecule is N#Cc1cccc(NC(=O)N2CCCC2c2cccc(C(=O)Nc3nc4c(s3)CC(NC(=O)C(F)(F)F)CC4)c2)c1. The summed E-state index contributed by atoms with van der Waals surface area (Å²) in [6.07, 6.45) is -2.50. The van der Waals surface area contributed by atoms with Crippen molar-refractivity contribution >= 4 is 40.0 Å². The van der Waals surface area contributed by atoms with Crippen LogP contribution in [0.1, 0.15) is 57.4 Å². The molecule has 5 rings (SSSR count). The number of rotatable bonds is 5. The Morgan fingerprint density at radius 2 is 1.88 bits per heavy atom. The first-order valence-electron chi connectivity index (χ1n) is 13.0. The zero-order valence-corrected chi connectivity index (χ0v) is 22.4. The summed E-state index contributed by atoms with van der Waals surface area (Å²) in [5, 5.41) is 17.1. The first kappa shape index (κ1) is 28.1. The van der Waals surface area contributed by atoms with E-state index in [-0.39, 0.29) is 18.5 Å². The van der Waals surface area contributed by atoms with Crippen LogP contribution in [-0.4, -0.2) is 46.5 Å². The van der Waals surface area contributed by atoms with Crippen molar-refractivity contribution in [2.24, 2.45) is 0 Å². The molecule has 2 aliphatic rings. The number of nitriles is 1. The molecule has 41 heavy (non-hydrogen) atoms.